The minimum absolute atomic E-state index is 0.0505. The van der Waals surface area contributed by atoms with E-state index in [0.29, 0.717) is 31.9 Å². The highest BCUT2D eigenvalue weighted by atomic mass is 16.6. The van der Waals surface area contributed by atoms with Crippen LogP contribution in [0.2, 0.25) is 0 Å². The number of piperazine rings is 1. The van der Waals surface area contributed by atoms with E-state index in [1.54, 1.807) is 29.2 Å². The third-order valence-electron chi connectivity index (χ3n) is 4.61. The van der Waals surface area contributed by atoms with Crippen LogP contribution in [-0.4, -0.2) is 61.0 Å². The SMILES string of the molecule is O=C(COc1ccccc1)NCC(=O)N1CCN(c2ccc([N+](=O)[O-])cc2)CC1. The summed E-state index contributed by atoms with van der Waals surface area (Å²) in [6, 6.07) is 15.4. The van der Waals surface area contributed by atoms with E-state index in [1.165, 1.54) is 12.1 Å². The summed E-state index contributed by atoms with van der Waals surface area (Å²) >= 11 is 0. The molecule has 1 saturated heterocycles. The first-order chi connectivity index (χ1) is 14.0. The molecule has 0 radical (unpaired) electrons. The van der Waals surface area contributed by atoms with E-state index in [9.17, 15) is 19.7 Å². The summed E-state index contributed by atoms with van der Waals surface area (Å²) in [4.78, 5) is 38.2. The van der Waals surface area contributed by atoms with Crippen molar-refractivity contribution >= 4 is 23.2 Å². The molecule has 29 heavy (non-hydrogen) atoms. The Labute approximate surface area is 168 Å². The smallest absolute Gasteiger partial charge is 0.269 e. The first kappa shape index (κ1) is 20.1. The maximum atomic E-state index is 12.3. The molecule has 9 nitrogen and oxygen atoms in total. The highest BCUT2D eigenvalue weighted by Crippen LogP contribution is 2.20. The highest BCUT2D eigenvalue weighted by molar-refractivity contribution is 5.85. The number of rotatable bonds is 7. The molecule has 0 spiro atoms. The molecule has 1 fully saturated rings. The Bertz CT molecular complexity index is 849. The minimum Gasteiger partial charge on any atom is -0.484 e. The van der Waals surface area contributed by atoms with Gasteiger partial charge in [-0.1, -0.05) is 18.2 Å². The monoisotopic (exact) mass is 398 g/mol. The van der Waals surface area contributed by atoms with Crippen LogP contribution in [-0.2, 0) is 9.59 Å². The molecule has 1 aliphatic heterocycles. The number of nitrogens with zero attached hydrogens (tertiary/aromatic N) is 3. The minimum atomic E-state index is -0.431. The van der Waals surface area contributed by atoms with Crippen LogP contribution < -0.4 is 15.0 Å². The molecule has 0 saturated carbocycles. The van der Waals surface area contributed by atoms with E-state index in [2.05, 4.69) is 10.2 Å². The topological polar surface area (TPSA) is 105 Å². The van der Waals surface area contributed by atoms with Gasteiger partial charge in [0.05, 0.1) is 11.5 Å². The molecule has 1 aliphatic rings. The lowest BCUT2D eigenvalue weighted by atomic mass is 10.2. The van der Waals surface area contributed by atoms with Gasteiger partial charge < -0.3 is 19.9 Å². The molecule has 1 heterocycles. The summed E-state index contributed by atoms with van der Waals surface area (Å²) < 4.78 is 5.35. The van der Waals surface area contributed by atoms with E-state index in [0.717, 1.165) is 5.69 Å². The zero-order valence-corrected chi connectivity index (χ0v) is 15.8. The number of nitro benzene ring substituents is 1. The van der Waals surface area contributed by atoms with Gasteiger partial charge in [0.1, 0.15) is 5.75 Å². The largest absolute Gasteiger partial charge is 0.484 e. The van der Waals surface area contributed by atoms with Crippen LogP contribution in [0.1, 0.15) is 0 Å². The number of nitrogens with one attached hydrogen (secondary N) is 1. The van der Waals surface area contributed by atoms with Crippen molar-refractivity contribution in [1.29, 1.82) is 0 Å². The molecule has 1 N–H and O–H groups in total. The van der Waals surface area contributed by atoms with Gasteiger partial charge in [0.15, 0.2) is 6.61 Å². The molecule has 3 rings (SSSR count). The first-order valence-corrected chi connectivity index (χ1v) is 9.24. The first-order valence-electron chi connectivity index (χ1n) is 9.24. The van der Waals surface area contributed by atoms with E-state index < -0.39 is 4.92 Å². The van der Waals surface area contributed by atoms with Gasteiger partial charge >= 0.3 is 0 Å². The Hall–Kier alpha value is -3.62. The number of hydrogen-bond donors (Lipinski definition) is 1. The maximum Gasteiger partial charge on any atom is 0.269 e. The molecular formula is C20H22N4O5. The maximum absolute atomic E-state index is 12.3. The van der Waals surface area contributed by atoms with E-state index in [4.69, 9.17) is 4.74 Å². The normalized spacial score (nSPS) is 13.7. The van der Waals surface area contributed by atoms with Crippen LogP contribution in [0.3, 0.4) is 0 Å². The van der Waals surface area contributed by atoms with Crippen molar-refractivity contribution in [3.63, 3.8) is 0 Å². The third kappa shape index (κ3) is 5.68. The third-order valence-corrected chi connectivity index (χ3v) is 4.61. The van der Waals surface area contributed by atoms with Crippen LogP contribution in [0.5, 0.6) is 5.75 Å². The zero-order chi connectivity index (χ0) is 20.6. The van der Waals surface area contributed by atoms with Gasteiger partial charge in [0, 0.05) is 44.0 Å². The standard InChI is InChI=1S/C20H22N4O5/c25-19(15-29-18-4-2-1-3-5-18)21-14-20(26)23-12-10-22(11-13-23)16-6-8-17(9-7-16)24(27)28/h1-9H,10-15H2,(H,21,25). The van der Waals surface area contributed by atoms with Crippen molar-refractivity contribution in [2.45, 2.75) is 0 Å². The van der Waals surface area contributed by atoms with Gasteiger partial charge in [-0.05, 0) is 24.3 Å². The van der Waals surface area contributed by atoms with Gasteiger partial charge in [-0.15, -0.1) is 0 Å². The number of nitro groups is 1. The summed E-state index contributed by atoms with van der Waals surface area (Å²) in [6.07, 6.45) is 0. The number of non-ortho nitro benzene ring substituents is 1. The number of para-hydroxylation sites is 1. The average Bonchev–Trinajstić information content (AvgIpc) is 2.77. The Kier molecular flexibility index (Phi) is 6.62. The number of anilines is 1. The summed E-state index contributed by atoms with van der Waals surface area (Å²) in [6.45, 7) is 2.06. The van der Waals surface area contributed by atoms with Crippen molar-refractivity contribution in [2.24, 2.45) is 0 Å². The second-order valence-corrected chi connectivity index (χ2v) is 6.52. The fraction of sp³-hybridized carbons (Fsp3) is 0.300. The molecule has 2 aromatic carbocycles. The van der Waals surface area contributed by atoms with Gasteiger partial charge in [-0.3, -0.25) is 19.7 Å². The molecule has 9 heteroatoms. The second-order valence-electron chi connectivity index (χ2n) is 6.52. The Balaban J connectivity index is 1.39. The molecule has 0 unspecified atom stereocenters. The van der Waals surface area contributed by atoms with Crippen molar-refractivity contribution in [2.75, 3.05) is 44.2 Å². The number of carbonyl (C=O) groups excluding carboxylic acids is 2. The molecule has 0 aliphatic carbocycles. The van der Waals surface area contributed by atoms with Crippen molar-refractivity contribution in [1.82, 2.24) is 10.2 Å². The summed E-state index contributed by atoms with van der Waals surface area (Å²) in [5, 5.41) is 13.3. The molecule has 2 amide bonds. The lowest BCUT2D eigenvalue weighted by molar-refractivity contribution is -0.384. The highest BCUT2D eigenvalue weighted by Gasteiger charge is 2.22. The molecule has 2 aromatic rings. The van der Waals surface area contributed by atoms with Crippen molar-refractivity contribution in [3.8, 4) is 5.75 Å². The lowest BCUT2D eigenvalue weighted by Gasteiger charge is -2.36. The Morgan fingerprint density at radius 2 is 1.66 bits per heavy atom. The van der Waals surface area contributed by atoms with Crippen LogP contribution >= 0.6 is 0 Å². The lowest BCUT2D eigenvalue weighted by Crippen LogP contribution is -2.51. The average molecular weight is 398 g/mol. The molecule has 0 aromatic heterocycles. The Morgan fingerprint density at radius 3 is 2.28 bits per heavy atom. The van der Waals surface area contributed by atoms with E-state index in [-0.39, 0.29) is 30.7 Å². The predicted octanol–water partition coefficient (Wildman–Crippen LogP) is 1.44. The Morgan fingerprint density at radius 1 is 1.00 bits per heavy atom. The fourth-order valence-corrected chi connectivity index (χ4v) is 3.00. The van der Waals surface area contributed by atoms with Crippen molar-refractivity contribution < 1.29 is 19.2 Å². The van der Waals surface area contributed by atoms with Crippen LogP contribution in [0.4, 0.5) is 11.4 Å². The van der Waals surface area contributed by atoms with E-state index >= 15 is 0 Å². The quantitative estimate of drug-likeness (QED) is 0.559. The van der Waals surface area contributed by atoms with Gasteiger partial charge in [0.2, 0.25) is 5.91 Å². The van der Waals surface area contributed by atoms with Gasteiger partial charge in [-0.2, -0.15) is 0 Å². The number of benzene rings is 2. The van der Waals surface area contributed by atoms with Gasteiger partial charge in [0.25, 0.3) is 11.6 Å². The molecular weight excluding hydrogens is 376 g/mol. The number of amides is 2. The number of hydrogen-bond acceptors (Lipinski definition) is 6. The van der Waals surface area contributed by atoms with Crippen LogP contribution in [0, 0.1) is 10.1 Å². The van der Waals surface area contributed by atoms with Crippen LogP contribution in [0.15, 0.2) is 54.6 Å². The molecule has 0 bridgehead atoms. The summed E-state index contributed by atoms with van der Waals surface area (Å²) in [5.74, 6) is 0.0875. The number of ether oxygens (including phenoxy) is 1. The predicted molar refractivity (Wildman–Crippen MR) is 107 cm³/mol. The molecule has 0 atom stereocenters. The summed E-state index contributed by atoms with van der Waals surface area (Å²) in [5.41, 5.74) is 0.934. The van der Waals surface area contributed by atoms with Crippen molar-refractivity contribution in [3.05, 3.63) is 64.7 Å². The summed E-state index contributed by atoms with van der Waals surface area (Å²) in [7, 11) is 0. The van der Waals surface area contributed by atoms with E-state index in [1.807, 2.05) is 18.2 Å². The second kappa shape index (κ2) is 9.54. The van der Waals surface area contributed by atoms with Gasteiger partial charge in [-0.25, -0.2) is 0 Å². The van der Waals surface area contributed by atoms with Crippen LogP contribution in [0.25, 0.3) is 0 Å². The molecule has 152 valence electrons. The fourth-order valence-electron chi connectivity index (χ4n) is 3.00. The number of carbonyl (C=O) groups is 2. The zero-order valence-electron chi connectivity index (χ0n) is 15.8.